The molecule has 0 fully saturated rings. The molecule has 4 rings (SSSR count). The molecule has 1 heterocycles. The lowest BCUT2D eigenvalue weighted by atomic mass is 10.0. The topological polar surface area (TPSA) is 110 Å². The van der Waals surface area contributed by atoms with Crippen molar-refractivity contribution < 1.29 is 10.0 Å². The van der Waals surface area contributed by atoms with Crippen molar-refractivity contribution in [3.63, 3.8) is 0 Å². The Hall–Kier alpha value is -3.97. The molecule has 0 atom stereocenters. The zero-order valence-electron chi connectivity index (χ0n) is 15.4. The van der Waals surface area contributed by atoms with Crippen molar-refractivity contribution in [2.45, 2.75) is 6.54 Å². The number of benzene rings is 3. The average Bonchev–Trinajstić information content (AvgIpc) is 2.75. The lowest BCUT2D eigenvalue weighted by Gasteiger charge is -2.10. The van der Waals surface area contributed by atoms with E-state index >= 15 is 0 Å². The number of nitrogens with one attached hydrogen (secondary N) is 1. The van der Waals surface area contributed by atoms with Crippen LogP contribution in [0.2, 0.25) is 0 Å². The highest BCUT2D eigenvalue weighted by molar-refractivity contribution is 5.97. The van der Waals surface area contributed by atoms with Gasteiger partial charge < -0.3 is 5.73 Å². The Labute approximate surface area is 166 Å². The summed E-state index contributed by atoms with van der Waals surface area (Å²) in [5.41, 5.74) is 11.4. The van der Waals surface area contributed by atoms with Crippen LogP contribution in [-0.2, 0) is 6.54 Å². The molecule has 3 aromatic carbocycles. The summed E-state index contributed by atoms with van der Waals surface area (Å²) in [7, 11) is 0. The van der Waals surface area contributed by atoms with E-state index in [9.17, 15) is 9.59 Å². The highest BCUT2D eigenvalue weighted by Crippen LogP contribution is 2.22. The van der Waals surface area contributed by atoms with Gasteiger partial charge in [0.25, 0.3) is 11.5 Å². The smallest absolute Gasteiger partial charge is 0.274 e. The van der Waals surface area contributed by atoms with Crippen LogP contribution in [-0.4, -0.2) is 20.7 Å². The Morgan fingerprint density at radius 1 is 1.03 bits per heavy atom. The molecule has 1 aromatic heterocycles. The fourth-order valence-corrected chi connectivity index (χ4v) is 3.24. The van der Waals surface area contributed by atoms with E-state index in [2.05, 4.69) is 4.98 Å². The Morgan fingerprint density at radius 3 is 2.55 bits per heavy atom. The quantitative estimate of drug-likeness (QED) is 0.284. The van der Waals surface area contributed by atoms with Crippen molar-refractivity contribution in [3.8, 4) is 11.1 Å². The molecule has 0 saturated carbocycles. The second-order valence-electron chi connectivity index (χ2n) is 6.68. The molecular weight excluding hydrogens is 368 g/mol. The fraction of sp³-hybridized carbons (Fsp3) is 0.0455. The number of nitrogen functional groups attached to an aromatic ring is 1. The summed E-state index contributed by atoms with van der Waals surface area (Å²) < 4.78 is 1.49. The number of fused-ring (bicyclic) bond motifs is 1. The molecule has 0 aliphatic carbocycles. The lowest BCUT2D eigenvalue weighted by Crippen LogP contribution is -2.23. The number of hydrogen-bond acceptors (Lipinski definition) is 5. The van der Waals surface area contributed by atoms with Gasteiger partial charge in [0, 0.05) is 11.3 Å². The number of anilines is 1. The monoisotopic (exact) mass is 386 g/mol. The second-order valence-corrected chi connectivity index (χ2v) is 6.68. The molecule has 0 aliphatic heterocycles. The van der Waals surface area contributed by atoms with Crippen molar-refractivity contribution in [1.29, 1.82) is 0 Å². The molecule has 0 aliphatic rings. The zero-order chi connectivity index (χ0) is 20.4. The predicted octanol–water partition coefficient (Wildman–Crippen LogP) is 2.81. The van der Waals surface area contributed by atoms with E-state index in [0.717, 1.165) is 16.7 Å². The molecule has 29 heavy (non-hydrogen) atoms. The number of amides is 1. The molecule has 1 amide bonds. The van der Waals surface area contributed by atoms with Gasteiger partial charge in [-0.2, -0.15) is 0 Å². The summed E-state index contributed by atoms with van der Waals surface area (Å²) in [6.07, 6.45) is 1.49. The first-order chi connectivity index (χ1) is 14.0. The van der Waals surface area contributed by atoms with Gasteiger partial charge in [-0.1, -0.05) is 30.3 Å². The highest BCUT2D eigenvalue weighted by Gasteiger charge is 2.10. The van der Waals surface area contributed by atoms with E-state index in [1.807, 2.05) is 48.5 Å². The minimum absolute atomic E-state index is 0.181. The van der Waals surface area contributed by atoms with Crippen molar-refractivity contribution in [1.82, 2.24) is 15.0 Å². The molecule has 144 valence electrons. The molecule has 0 saturated heterocycles. The second kappa shape index (κ2) is 7.57. The Bertz CT molecular complexity index is 1280. The molecule has 4 aromatic rings. The Kier molecular flexibility index (Phi) is 4.80. The fourth-order valence-electron chi connectivity index (χ4n) is 3.24. The summed E-state index contributed by atoms with van der Waals surface area (Å²) in [5, 5.41) is 9.12. The van der Waals surface area contributed by atoms with Crippen molar-refractivity contribution >= 4 is 22.5 Å². The molecular formula is C22H18N4O3. The van der Waals surface area contributed by atoms with Crippen LogP contribution < -0.4 is 16.8 Å². The molecule has 0 radical (unpaired) electrons. The van der Waals surface area contributed by atoms with E-state index in [1.54, 1.807) is 11.5 Å². The third kappa shape index (κ3) is 3.71. The maximum atomic E-state index is 12.9. The van der Waals surface area contributed by atoms with E-state index < -0.39 is 5.91 Å². The number of nitrogens with two attached hydrogens (primary N) is 1. The van der Waals surface area contributed by atoms with Crippen LogP contribution >= 0.6 is 0 Å². The third-order valence-electron chi connectivity index (χ3n) is 4.69. The lowest BCUT2D eigenvalue weighted by molar-refractivity contribution is 0.0706. The predicted molar refractivity (Wildman–Crippen MR) is 111 cm³/mol. The third-order valence-corrected chi connectivity index (χ3v) is 4.69. The molecule has 0 bridgehead atoms. The SMILES string of the molecule is Nc1cccc(-c2cccc(Cn3cnc4ccc(C(=O)NO)cc4c3=O)c2)c1. The van der Waals surface area contributed by atoms with E-state index in [1.165, 1.54) is 23.0 Å². The number of nitrogens with zero attached hydrogens (tertiary/aromatic N) is 2. The summed E-state index contributed by atoms with van der Waals surface area (Å²) >= 11 is 0. The largest absolute Gasteiger partial charge is 0.399 e. The van der Waals surface area contributed by atoms with Gasteiger partial charge in [0.05, 0.1) is 23.8 Å². The number of rotatable bonds is 4. The van der Waals surface area contributed by atoms with Gasteiger partial charge in [0.2, 0.25) is 0 Å². The van der Waals surface area contributed by atoms with Crippen LogP contribution in [0, 0.1) is 0 Å². The van der Waals surface area contributed by atoms with Gasteiger partial charge in [-0.25, -0.2) is 10.5 Å². The van der Waals surface area contributed by atoms with E-state index in [-0.39, 0.29) is 11.1 Å². The van der Waals surface area contributed by atoms with Crippen LogP contribution in [0.15, 0.2) is 77.9 Å². The maximum Gasteiger partial charge on any atom is 0.274 e. The van der Waals surface area contributed by atoms with Crippen LogP contribution in [0.25, 0.3) is 22.0 Å². The summed E-state index contributed by atoms with van der Waals surface area (Å²) in [6.45, 7) is 0.328. The van der Waals surface area contributed by atoms with Crippen LogP contribution in [0.3, 0.4) is 0 Å². The summed E-state index contributed by atoms with van der Waals surface area (Å²) in [6, 6.07) is 20.0. The number of hydrogen-bond donors (Lipinski definition) is 3. The van der Waals surface area contributed by atoms with Gasteiger partial charge in [-0.3, -0.25) is 19.4 Å². The number of carbonyl (C=O) groups excluding carboxylic acids is 1. The molecule has 7 nitrogen and oxygen atoms in total. The van der Waals surface area contributed by atoms with E-state index in [0.29, 0.717) is 23.1 Å². The van der Waals surface area contributed by atoms with Gasteiger partial charge >= 0.3 is 0 Å². The molecule has 0 spiro atoms. The van der Waals surface area contributed by atoms with Crippen molar-refractivity contribution in [2.24, 2.45) is 0 Å². The minimum atomic E-state index is -0.684. The first-order valence-electron chi connectivity index (χ1n) is 8.93. The summed E-state index contributed by atoms with van der Waals surface area (Å²) in [5.74, 6) is -0.684. The molecule has 7 heteroatoms. The van der Waals surface area contributed by atoms with E-state index in [4.69, 9.17) is 10.9 Å². The molecule has 0 unspecified atom stereocenters. The van der Waals surface area contributed by atoms with Gasteiger partial charge in [0.15, 0.2) is 0 Å². The van der Waals surface area contributed by atoms with Gasteiger partial charge in [-0.15, -0.1) is 0 Å². The number of hydroxylamine groups is 1. The normalized spacial score (nSPS) is 10.8. The number of aromatic nitrogens is 2. The Balaban J connectivity index is 1.71. The first-order valence-corrected chi connectivity index (χ1v) is 8.93. The zero-order valence-corrected chi connectivity index (χ0v) is 15.4. The highest BCUT2D eigenvalue weighted by atomic mass is 16.5. The van der Waals surface area contributed by atoms with Gasteiger partial charge in [-0.05, 0) is 53.1 Å². The average molecular weight is 386 g/mol. The Morgan fingerprint density at radius 2 is 1.79 bits per heavy atom. The number of carbonyl (C=O) groups is 1. The van der Waals surface area contributed by atoms with Crippen LogP contribution in [0.5, 0.6) is 0 Å². The first kappa shape index (κ1) is 18.4. The minimum Gasteiger partial charge on any atom is -0.399 e. The molecule has 4 N–H and O–H groups in total. The van der Waals surface area contributed by atoms with Gasteiger partial charge in [0.1, 0.15) is 0 Å². The summed E-state index contributed by atoms with van der Waals surface area (Å²) in [4.78, 5) is 28.9. The van der Waals surface area contributed by atoms with Crippen LogP contribution in [0.4, 0.5) is 5.69 Å². The van der Waals surface area contributed by atoms with Crippen LogP contribution in [0.1, 0.15) is 15.9 Å². The maximum absolute atomic E-state index is 12.9. The standard InChI is InChI=1S/C22H18N4O3/c23-18-6-2-5-16(10-18)15-4-1-3-14(9-15)12-26-13-24-20-8-7-17(21(27)25-29)11-19(20)22(26)28/h1-11,13,29H,12,23H2,(H,25,27). The van der Waals surface area contributed by atoms with Crippen molar-refractivity contribution in [2.75, 3.05) is 5.73 Å². The van der Waals surface area contributed by atoms with Crippen molar-refractivity contribution in [3.05, 3.63) is 94.5 Å².